The van der Waals surface area contributed by atoms with Gasteiger partial charge < -0.3 is 15.0 Å². The predicted molar refractivity (Wildman–Crippen MR) is 81.1 cm³/mol. The first kappa shape index (κ1) is 14.6. The molecule has 4 heteroatoms. The standard InChI is InChI=1S/C16H23N3O/c1-11(2)16-18-9-10-19(16)15(12(3)17)13-7-5-6-8-14(13)20-4/h5-12,15H,17H2,1-4H3. The van der Waals surface area contributed by atoms with Gasteiger partial charge in [0.05, 0.1) is 13.2 Å². The summed E-state index contributed by atoms with van der Waals surface area (Å²) in [6.45, 7) is 6.29. The van der Waals surface area contributed by atoms with E-state index in [-0.39, 0.29) is 12.1 Å². The quantitative estimate of drug-likeness (QED) is 0.911. The SMILES string of the molecule is COc1ccccc1C(C(C)N)n1ccnc1C(C)C. The molecule has 0 aliphatic heterocycles. The molecular weight excluding hydrogens is 250 g/mol. The maximum atomic E-state index is 6.25. The molecule has 2 atom stereocenters. The van der Waals surface area contributed by atoms with Gasteiger partial charge in [0.2, 0.25) is 0 Å². The molecule has 1 heterocycles. The number of para-hydroxylation sites is 1. The molecule has 2 aromatic rings. The van der Waals surface area contributed by atoms with E-state index in [4.69, 9.17) is 10.5 Å². The molecule has 108 valence electrons. The van der Waals surface area contributed by atoms with Crippen LogP contribution in [0.5, 0.6) is 5.75 Å². The van der Waals surface area contributed by atoms with Crippen LogP contribution < -0.4 is 10.5 Å². The zero-order valence-corrected chi connectivity index (χ0v) is 12.6. The summed E-state index contributed by atoms with van der Waals surface area (Å²) in [5.74, 6) is 2.25. The largest absolute Gasteiger partial charge is 0.496 e. The van der Waals surface area contributed by atoms with E-state index in [1.54, 1.807) is 7.11 Å². The fourth-order valence-corrected chi connectivity index (χ4v) is 2.60. The van der Waals surface area contributed by atoms with Gasteiger partial charge in [-0.1, -0.05) is 32.0 Å². The summed E-state index contributed by atoms with van der Waals surface area (Å²) in [6.07, 6.45) is 3.83. The van der Waals surface area contributed by atoms with Crippen molar-refractivity contribution in [2.24, 2.45) is 5.73 Å². The van der Waals surface area contributed by atoms with E-state index < -0.39 is 0 Å². The highest BCUT2D eigenvalue weighted by Crippen LogP contribution is 2.31. The zero-order valence-electron chi connectivity index (χ0n) is 12.6. The van der Waals surface area contributed by atoms with E-state index >= 15 is 0 Å². The van der Waals surface area contributed by atoms with Crippen LogP contribution in [0.1, 0.15) is 44.1 Å². The highest BCUT2D eigenvalue weighted by Gasteiger charge is 2.24. The molecule has 0 bridgehead atoms. The summed E-state index contributed by atoms with van der Waals surface area (Å²) in [6, 6.07) is 7.99. The summed E-state index contributed by atoms with van der Waals surface area (Å²) in [4.78, 5) is 4.47. The number of methoxy groups -OCH3 is 1. The lowest BCUT2D eigenvalue weighted by molar-refractivity contribution is 0.390. The first-order valence-corrected chi connectivity index (χ1v) is 6.97. The molecule has 0 saturated heterocycles. The Labute approximate surface area is 120 Å². The Morgan fingerprint density at radius 2 is 1.90 bits per heavy atom. The number of benzene rings is 1. The average Bonchev–Trinajstić information content (AvgIpc) is 2.88. The lowest BCUT2D eigenvalue weighted by Gasteiger charge is -2.27. The number of nitrogens with two attached hydrogens (primary N) is 1. The van der Waals surface area contributed by atoms with Gasteiger partial charge in [-0.05, 0) is 13.0 Å². The molecule has 0 fully saturated rings. The van der Waals surface area contributed by atoms with Crippen LogP contribution in [0.15, 0.2) is 36.7 Å². The van der Waals surface area contributed by atoms with Gasteiger partial charge in [-0.15, -0.1) is 0 Å². The van der Waals surface area contributed by atoms with E-state index in [9.17, 15) is 0 Å². The highest BCUT2D eigenvalue weighted by atomic mass is 16.5. The van der Waals surface area contributed by atoms with Crippen molar-refractivity contribution in [3.05, 3.63) is 48.0 Å². The minimum Gasteiger partial charge on any atom is -0.496 e. The van der Waals surface area contributed by atoms with Crippen molar-refractivity contribution in [3.8, 4) is 5.75 Å². The highest BCUT2D eigenvalue weighted by molar-refractivity contribution is 5.37. The first-order valence-electron chi connectivity index (χ1n) is 6.97. The van der Waals surface area contributed by atoms with Crippen molar-refractivity contribution in [2.45, 2.75) is 38.8 Å². The van der Waals surface area contributed by atoms with E-state index in [0.29, 0.717) is 5.92 Å². The van der Waals surface area contributed by atoms with Crippen LogP contribution in [0.3, 0.4) is 0 Å². The molecule has 2 rings (SSSR count). The minimum atomic E-state index is -0.0435. The van der Waals surface area contributed by atoms with Gasteiger partial charge in [-0.25, -0.2) is 4.98 Å². The second-order valence-electron chi connectivity index (χ2n) is 5.39. The fraction of sp³-hybridized carbons (Fsp3) is 0.438. The summed E-state index contributed by atoms with van der Waals surface area (Å²) >= 11 is 0. The van der Waals surface area contributed by atoms with Crippen molar-refractivity contribution < 1.29 is 4.74 Å². The molecule has 2 unspecified atom stereocenters. The lowest BCUT2D eigenvalue weighted by Crippen LogP contribution is -2.31. The van der Waals surface area contributed by atoms with Gasteiger partial charge in [0.15, 0.2) is 0 Å². The van der Waals surface area contributed by atoms with Gasteiger partial charge in [0, 0.05) is 29.9 Å². The Morgan fingerprint density at radius 1 is 1.20 bits per heavy atom. The van der Waals surface area contributed by atoms with E-state index in [1.165, 1.54) is 0 Å². The molecular formula is C16H23N3O. The molecule has 0 spiro atoms. The maximum absolute atomic E-state index is 6.25. The van der Waals surface area contributed by atoms with E-state index in [0.717, 1.165) is 17.1 Å². The Balaban J connectivity index is 2.54. The van der Waals surface area contributed by atoms with E-state index in [2.05, 4.69) is 29.5 Å². The average molecular weight is 273 g/mol. The monoisotopic (exact) mass is 273 g/mol. The summed E-state index contributed by atoms with van der Waals surface area (Å²) < 4.78 is 7.65. The van der Waals surface area contributed by atoms with Crippen molar-refractivity contribution in [3.63, 3.8) is 0 Å². The normalized spacial score (nSPS) is 14.3. The number of imidazole rings is 1. The van der Waals surface area contributed by atoms with Gasteiger partial charge in [-0.3, -0.25) is 0 Å². The van der Waals surface area contributed by atoms with Gasteiger partial charge in [0.25, 0.3) is 0 Å². The number of hydrogen-bond donors (Lipinski definition) is 1. The van der Waals surface area contributed by atoms with Crippen LogP contribution in [0.4, 0.5) is 0 Å². The summed E-state index contributed by atoms with van der Waals surface area (Å²) in [7, 11) is 1.69. The van der Waals surface area contributed by atoms with Crippen molar-refractivity contribution in [2.75, 3.05) is 7.11 Å². The van der Waals surface area contributed by atoms with Crippen LogP contribution in [0.25, 0.3) is 0 Å². The molecule has 4 nitrogen and oxygen atoms in total. The first-order chi connectivity index (χ1) is 9.56. The topological polar surface area (TPSA) is 53.1 Å². The molecule has 0 amide bonds. The van der Waals surface area contributed by atoms with Crippen LogP contribution >= 0.6 is 0 Å². The fourth-order valence-electron chi connectivity index (χ4n) is 2.60. The third-order valence-electron chi connectivity index (χ3n) is 3.47. The number of hydrogen-bond acceptors (Lipinski definition) is 3. The predicted octanol–water partition coefficient (Wildman–Crippen LogP) is 2.95. The molecule has 0 radical (unpaired) electrons. The Bertz CT molecular complexity index is 560. The molecule has 0 saturated carbocycles. The second-order valence-corrected chi connectivity index (χ2v) is 5.39. The van der Waals surface area contributed by atoms with Crippen LogP contribution in [0, 0.1) is 0 Å². The van der Waals surface area contributed by atoms with E-state index in [1.807, 2.05) is 37.5 Å². The molecule has 1 aromatic carbocycles. The number of rotatable bonds is 5. The van der Waals surface area contributed by atoms with Crippen molar-refractivity contribution >= 4 is 0 Å². The molecule has 20 heavy (non-hydrogen) atoms. The number of aromatic nitrogens is 2. The molecule has 0 aliphatic carbocycles. The van der Waals surface area contributed by atoms with Crippen molar-refractivity contribution in [1.82, 2.24) is 9.55 Å². The number of nitrogens with zero attached hydrogens (tertiary/aromatic N) is 2. The second kappa shape index (κ2) is 6.09. The van der Waals surface area contributed by atoms with Crippen LogP contribution in [0.2, 0.25) is 0 Å². The lowest BCUT2D eigenvalue weighted by atomic mass is 9.99. The number of ether oxygens (including phenoxy) is 1. The summed E-state index contributed by atoms with van der Waals surface area (Å²) in [5.41, 5.74) is 7.34. The maximum Gasteiger partial charge on any atom is 0.124 e. The minimum absolute atomic E-state index is 0.0195. The van der Waals surface area contributed by atoms with Gasteiger partial charge >= 0.3 is 0 Å². The van der Waals surface area contributed by atoms with Gasteiger partial charge in [-0.2, -0.15) is 0 Å². The zero-order chi connectivity index (χ0) is 14.7. The van der Waals surface area contributed by atoms with Crippen LogP contribution in [-0.4, -0.2) is 22.7 Å². The Hall–Kier alpha value is -1.81. The Morgan fingerprint density at radius 3 is 2.50 bits per heavy atom. The third kappa shape index (κ3) is 2.70. The molecule has 0 aliphatic rings. The molecule has 2 N–H and O–H groups in total. The summed E-state index contributed by atoms with van der Waals surface area (Å²) in [5, 5.41) is 0. The molecule has 1 aromatic heterocycles. The van der Waals surface area contributed by atoms with Gasteiger partial charge in [0.1, 0.15) is 11.6 Å². The smallest absolute Gasteiger partial charge is 0.124 e. The third-order valence-corrected chi connectivity index (χ3v) is 3.47. The Kier molecular flexibility index (Phi) is 4.45. The van der Waals surface area contributed by atoms with Crippen LogP contribution in [-0.2, 0) is 0 Å². The van der Waals surface area contributed by atoms with Crippen molar-refractivity contribution in [1.29, 1.82) is 0 Å².